The molecule has 0 heterocycles. The maximum Gasteiger partial charge on any atom is 0.155 e. The first-order valence-electron chi connectivity index (χ1n) is 10.1. The Kier molecular flexibility index (Phi) is 3.72. The Balaban J connectivity index is 1.75. The summed E-state index contributed by atoms with van der Waals surface area (Å²) in [6, 6.07) is 2.65. The third-order valence-electron chi connectivity index (χ3n) is 8.82. The van der Waals surface area contributed by atoms with Crippen LogP contribution in [0.4, 0.5) is 0 Å². The second-order valence-corrected chi connectivity index (χ2v) is 9.52. The van der Waals surface area contributed by atoms with Gasteiger partial charge in [-0.1, -0.05) is 32.8 Å². The molecular weight excluding hydrogens is 294 g/mol. The Hall–Kier alpha value is -1.10. The molecule has 24 heavy (non-hydrogen) atoms. The molecule has 4 rings (SSSR count). The number of nitrogens with zero attached hydrogens (tertiary/aromatic N) is 1. The Morgan fingerprint density at radius 2 is 2.00 bits per heavy atom. The lowest BCUT2D eigenvalue weighted by Gasteiger charge is -2.60. The van der Waals surface area contributed by atoms with E-state index >= 15 is 0 Å². The predicted octanol–water partition coefficient (Wildman–Crippen LogP) is 5.29. The van der Waals surface area contributed by atoms with Gasteiger partial charge in [-0.3, -0.25) is 4.79 Å². The van der Waals surface area contributed by atoms with E-state index < -0.39 is 0 Å². The van der Waals surface area contributed by atoms with Crippen LogP contribution in [0.15, 0.2) is 11.6 Å². The molecule has 3 unspecified atom stereocenters. The van der Waals surface area contributed by atoms with E-state index in [1.54, 1.807) is 0 Å². The maximum atomic E-state index is 12.0. The highest BCUT2D eigenvalue weighted by Gasteiger charge is 2.61. The van der Waals surface area contributed by atoms with Crippen molar-refractivity contribution in [3.05, 3.63) is 11.6 Å². The summed E-state index contributed by atoms with van der Waals surface area (Å²) in [5.41, 5.74) is 1.95. The maximum absolute atomic E-state index is 12.0. The molecule has 0 aromatic heterocycles. The topological polar surface area (TPSA) is 40.9 Å². The summed E-state index contributed by atoms with van der Waals surface area (Å²) in [5.74, 6) is 3.54. The first kappa shape index (κ1) is 16.4. The molecule has 4 aliphatic carbocycles. The van der Waals surface area contributed by atoms with Crippen molar-refractivity contribution in [3.8, 4) is 6.07 Å². The fourth-order valence-corrected chi connectivity index (χ4v) is 7.33. The van der Waals surface area contributed by atoms with E-state index in [4.69, 9.17) is 0 Å². The molecule has 0 aromatic carbocycles. The predicted molar refractivity (Wildman–Crippen MR) is 95.0 cm³/mol. The highest BCUT2D eigenvalue weighted by molar-refractivity contribution is 5.91. The normalized spacial score (nSPS) is 50.3. The van der Waals surface area contributed by atoms with E-state index in [2.05, 4.69) is 26.8 Å². The summed E-state index contributed by atoms with van der Waals surface area (Å²) in [4.78, 5) is 12.0. The summed E-state index contributed by atoms with van der Waals surface area (Å²) < 4.78 is 0. The highest BCUT2D eigenvalue weighted by atomic mass is 16.1. The lowest BCUT2D eigenvalue weighted by molar-refractivity contribution is -0.118. The van der Waals surface area contributed by atoms with Crippen molar-refractivity contribution in [3.63, 3.8) is 0 Å². The van der Waals surface area contributed by atoms with Crippen molar-refractivity contribution in [2.75, 3.05) is 0 Å². The van der Waals surface area contributed by atoms with E-state index in [1.807, 2.05) is 6.08 Å². The SMILES string of the molecule is CC[C@@H]1CC2=CC(=O)CC[C@]2(C)C2CC[C@@]3(C)C(CC[C@@H]3C#N)C21. The first-order valence-corrected chi connectivity index (χ1v) is 10.1. The molecule has 2 heteroatoms. The van der Waals surface area contributed by atoms with E-state index in [-0.39, 0.29) is 16.7 Å². The van der Waals surface area contributed by atoms with Crippen LogP contribution in [0.25, 0.3) is 0 Å². The Morgan fingerprint density at radius 1 is 1.21 bits per heavy atom. The van der Waals surface area contributed by atoms with Crippen LogP contribution in [0.3, 0.4) is 0 Å². The van der Waals surface area contributed by atoms with Gasteiger partial charge in [0, 0.05) is 6.42 Å². The van der Waals surface area contributed by atoms with Gasteiger partial charge in [0.25, 0.3) is 0 Å². The van der Waals surface area contributed by atoms with Crippen LogP contribution in [-0.2, 0) is 4.79 Å². The molecular formula is C22H31NO. The van der Waals surface area contributed by atoms with E-state index in [1.165, 1.54) is 31.3 Å². The van der Waals surface area contributed by atoms with Gasteiger partial charge in [-0.25, -0.2) is 0 Å². The zero-order valence-corrected chi connectivity index (χ0v) is 15.5. The number of carbonyl (C=O) groups excluding carboxylic acids is 1. The fraction of sp³-hybridized carbons (Fsp3) is 0.818. The van der Waals surface area contributed by atoms with Gasteiger partial charge in [-0.05, 0) is 79.1 Å². The summed E-state index contributed by atoms with van der Waals surface area (Å²) in [6.45, 7) is 7.20. The van der Waals surface area contributed by atoms with Crippen LogP contribution in [0.2, 0.25) is 0 Å². The van der Waals surface area contributed by atoms with Crippen molar-refractivity contribution in [2.24, 2.45) is 40.4 Å². The third kappa shape index (κ3) is 2.03. The second kappa shape index (κ2) is 5.45. The molecule has 0 bridgehead atoms. The molecule has 0 spiro atoms. The second-order valence-electron chi connectivity index (χ2n) is 9.52. The molecule has 4 aliphatic rings. The average Bonchev–Trinajstić information content (AvgIpc) is 2.91. The summed E-state index contributed by atoms with van der Waals surface area (Å²) in [5, 5.41) is 9.66. The lowest BCUT2D eigenvalue weighted by atomic mass is 9.44. The number of carbonyl (C=O) groups is 1. The van der Waals surface area contributed by atoms with Crippen molar-refractivity contribution >= 4 is 5.78 Å². The number of hydrogen-bond donors (Lipinski definition) is 0. The van der Waals surface area contributed by atoms with Crippen LogP contribution in [-0.4, -0.2) is 5.78 Å². The van der Waals surface area contributed by atoms with E-state index in [0.717, 1.165) is 43.4 Å². The van der Waals surface area contributed by atoms with E-state index in [0.29, 0.717) is 11.7 Å². The number of ketones is 1. The van der Waals surface area contributed by atoms with Crippen LogP contribution < -0.4 is 0 Å². The number of hydrogen-bond acceptors (Lipinski definition) is 2. The lowest BCUT2D eigenvalue weighted by Crippen LogP contribution is -2.53. The zero-order valence-electron chi connectivity index (χ0n) is 15.5. The summed E-state index contributed by atoms with van der Waals surface area (Å²) in [6.07, 6.45) is 11.0. The van der Waals surface area contributed by atoms with Crippen molar-refractivity contribution in [1.29, 1.82) is 5.26 Å². The van der Waals surface area contributed by atoms with Gasteiger partial charge in [0.05, 0.1) is 12.0 Å². The summed E-state index contributed by atoms with van der Waals surface area (Å²) >= 11 is 0. The molecule has 7 atom stereocenters. The van der Waals surface area contributed by atoms with Crippen LogP contribution in [0.1, 0.15) is 72.1 Å². The van der Waals surface area contributed by atoms with Crippen molar-refractivity contribution < 1.29 is 4.79 Å². The Morgan fingerprint density at radius 3 is 2.71 bits per heavy atom. The molecule has 2 nitrogen and oxygen atoms in total. The standard InChI is InChI=1S/C22H31NO/c1-4-14-11-16-12-17(24)7-9-22(16,3)19-8-10-21(2)15(13-23)5-6-18(21)20(14)19/h12,14-15,18-20H,4-11H2,1-3H3/t14-,15-,18?,19?,20?,21-,22+/m1/s1. The molecule has 0 aliphatic heterocycles. The minimum Gasteiger partial charge on any atom is -0.295 e. The number of allylic oxidation sites excluding steroid dienone is 1. The Labute approximate surface area is 146 Å². The largest absolute Gasteiger partial charge is 0.295 e. The molecule has 130 valence electrons. The minimum absolute atomic E-state index is 0.241. The summed E-state index contributed by atoms with van der Waals surface area (Å²) in [7, 11) is 0. The van der Waals surface area contributed by atoms with Crippen LogP contribution in [0, 0.1) is 51.8 Å². The molecule has 0 aromatic rings. The number of fused-ring (bicyclic) bond motifs is 5. The number of nitriles is 1. The van der Waals surface area contributed by atoms with Crippen molar-refractivity contribution in [1.82, 2.24) is 0 Å². The molecule has 0 saturated heterocycles. The molecule has 3 saturated carbocycles. The van der Waals surface area contributed by atoms with Crippen LogP contribution in [0.5, 0.6) is 0 Å². The highest BCUT2D eigenvalue weighted by Crippen LogP contribution is 2.68. The fourth-order valence-electron chi connectivity index (χ4n) is 7.33. The smallest absolute Gasteiger partial charge is 0.155 e. The van der Waals surface area contributed by atoms with Gasteiger partial charge >= 0.3 is 0 Å². The third-order valence-corrected chi connectivity index (χ3v) is 8.82. The van der Waals surface area contributed by atoms with Gasteiger partial charge in [0.15, 0.2) is 5.78 Å². The van der Waals surface area contributed by atoms with Crippen LogP contribution >= 0.6 is 0 Å². The average molecular weight is 325 g/mol. The van der Waals surface area contributed by atoms with Crippen molar-refractivity contribution in [2.45, 2.75) is 72.1 Å². The van der Waals surface area contributed by atoms with Gasteiger partial charge in [-0.15, -0.1) is 0 Å². The quantitative estimate of drug-likeness (QED) is 0.657. The van der Waals surface area contributed by atoms with Gasteiger partial charge in [-0.2, -0.15) is 5.26 Å². The molecule has 0 N–H and O–H groups in total. The van der Waals surface area contributed by atoms with Gasteiger partial charge < -0.3 is 0 Å². The van der Waals surface area contributed by atoms with E-state index in [9.17, 15) is 10.1 Å². The zero-order chi connectivity index (χ0) is 17.1. The Bertz CT molecular complexity index is 628. The molecule has 0 radical (unpaired) electrons. The van der Waals surface area contributed by atoms with Gasteiger partial charge in [0.2, 0.25) is 0 Å². The number of rotatable bonds is 1. The molecule has 0 amide bonds. The van der Waals surface area contributed by atoms with Gasteiger partial charge in [0.1, 0.15) is 0 Å². The minimum atomic E-state index is 0.241. The molecule has 3 fully saturated rings. The monoisotopic (exact) mass is 325 g/mol. The first-order chi connectivity index (χ1) is 11.4.